The van der Waals surface area contributed by atoms with Crippen molar-refractivity contribution in [3.8, 4) is 0 Å². The maximum absolute atomic E-state index is 12.1. The van der Waals surface area contributed by atoms with Crippen molar-refractivity contribution < 1.29 is 14.3 Å². The number of ether oxygens (including phenoxy) is 1. The maximum atomic E-state index is 12.1. The lowest BCUT2D eigenvalue weighted by Crippen LogP contribution is -2.36. The molecular weight excluding hydrogens is 282 g/mol. The van der Waals surface area contributed by atoms with Gasteiger partial charge in [-0.25, -0.2) is 9.78 Å². The molecule has 1 aromatic heterocycles. The lowest BCUT2D eigenvalue weighted by atomic mass is 10.2. The summed E-state index contributed by atoms with van der Waals surface area (Å²) >= 11 is 0. The van der Waals surface area contributed by atoms with Crippen molar-refractivity contribution in [2.45, 2.75) is 26.6 Å². The number of fused-ring (bicyclic) bond motifs is 1. The van der Waals surface area contributed by atoms with Gasteiger partial charge in [-0.3, -0.25) is 4.79 Å². The monoisotopic (exact) mass is 299 g/mol. The molecule has 6 nitrogen and oxygen atoms in total. The summed E-state index contributed by atoms with van der Waals surface area (Å²) in [4.78, 5) is 29.5. The normalized spacial score (nSPS) is 13.6. The predicted octanol–water partition coefficient (Wildman–Crippen LogP) is 1.60. The smallest absolute Gasteiger partial charge is 0.358 e. The highest BCUT2D eigenvalue weighted by Gasteiger charge is 2.22. The number of carbonyl (C=O) groups excluding carboxylic acids is 2. The van der Waals surface area contributed by atoms with Crippen LogP contribution in [0.25, 0.3) is 0 Å². The Hall–Kier alpha value is -2.63. The highest BCUT2D eigenvalue weighted by atomic mass is 16.5. The van der Waals surface area contributed by atoms with Crippen molar-refractivity contribution in [3.05, 3.63) is 53.6 Å². The summed E-state index contributed by atoms with van der Waals surface area (Å²) in [5.74, 6) is 0.288. The van der Waals surface area contributed by atoms with Gasteiger partial charge in [-0.15, -0.1) is 0 Å². The van der Waals surface area contributed by atoms with E-state index < -0.39 is 5.97 Å². The third kappa shape index (κ3) is 3.00. The standard InChI is InChI=1S/C16H17N3O3/c1-12(20)18-7-8-19-9-14(17-15(19)10-18)16(21)22-11-13-5-3-2-4-6-13/h2-6,9H,7-8,10-11H2,1H3. The molecule has 0 radical (unpaired) electrons. The maximum Gasteiger partial charge on any atom is 0.358 e. The molecule has 0 unspecified atom stereocenters. The molecule has 0 N–H and O–H groups in total. The minimum Gasteiger partial charge on any atom is -0.456 e. The van der Waals surface area contributed by atoms with E-state index in [4.69, 9.17) is 4.74 Å². The Bertz CT molecular complexity index is 694. The second-order valence-electron chi connectivity index (χ2n) is 5.24. The Morgan fingerprint density at radius 1 is 1.23 bits per heavy atom. The van der Waals surface area contributed by atoms with Crippen LogP contribution in [0.5, 0.6) is 0 Å². The van der Waals surface area contributed by atoms with E-state index in [9.17, 15) is 9.59 Å². The molecule has 2 heterocycles. The molecule has 1 amide bonds. The van der Waals surface area contributed by atoms with Crippen LogP contribution in [0.2, 0.25) is 0 Å². The number of imidazole rings is 1. The van der Waals surface area contributed by atoms with Crippen LogP contribution in [0, 0.1) is 0 Å². The van der Waals surface area contributed by atoms with Gasteiger partial charge in [0.1, 0.15) is 12.4 Å². The van der Waals surface area contributed by atoms with Crippen LogP contribution in [-0.2, 0) is 29.2 Å². The number of amides is 1. The van der Waals surface area contributed by atoms with E-state index in [-0.39, 0.29) is 18.2 Å². The number of hydrogen-bond acceptors (Lipinski definition) is 4. The molecule has 1 aromatic carbocycles. The lowest BCUT2D eigenvalue weighted by molar-refractivity contribution is -0.130. The van der Waals surface area contributed by atoms with E-state index in [1.54, 1.807) is 11.1 Å². The molecular formula is C16H17N3O3. The molecule has 0 fully saturated rings. The molecule has 2 aromatic rings. The van der Waals surface area contributed by atoms with Crippen LogP contribution in [0.1, 0.15) is 28.8 Å². The number of nitrogens with zero attached hydrogens (tertiary/aromatic N) is 3. The Morgan fingerprint density at radius 3 is 2.73 bits per heavy atom. The average Bonchev–Trinajstić information content (AvgIpc) is 2.96. The molecule has 0 aliphatic carbocycles. The fraction of sp³-hybridized carbons (Fsp3) is 0.312. The molecule has 1 aliphatic heterocycles. The summed E-state index contributed by atoms with van der Waals surface area (Å²) in [5, 5.41) is 0. The Balaban J connectivity index is 1.66. The molecule has 114 valence electrons. The highest BCUT2D eigenvalue weighted by Crippen LogP contribution is 2.14. The van der Waals surface area contributed by atoms with Crippen molar-refractivity contribution in [1.29, 1.82) is 0 Å². The van der Waals surface area contributed by atoms with Crippen molar-refractivity contribution in [2.24, 2.45) is 0 Å². The molecule has 0 saturated heterocycles. The van der Waals surface area contributed by atoms with Crippen molar-refractivity contribution in [2.75, 3.05) is 6.54 Å². The van der Waals surface area contributed by atoms with Crippen LogP contribution < -0.4 is 0 Å². The topological polar surface area (TPSA) is 64.4 Å². The zero-order chi connectivity index (χ0) is 15.5. The SMILES string of the molecule is CC(=O)N1CCn2cc(C(=O)OCc3ccccc3)nc2C1. The summed E-state index contributed by atoms with van der Waals surface area (Å²) in [5.41, 5.74) is 1.22. The summed E-state index contributed by atoms with van der Waals surface area (Å²) in [6.07, 6.45) is 1.69. The zero-order valence-electron chi connectivity index (χ0n) is 12.4. The second-order valence-corrected chi connectivity index (χ2v) is 5.24. The van der Waals surface area contributed by atoms with Gasteiger partial charge in [0, 0.05) is 26.2 Å². The second kappa shape index (κ2) is 6.01. The minimum absolute atomic E-state index is 0.0162. The van der Waals surface area contributed by atoms with E-state index in [0.717, 1.165) is 5.56 Å². The Kier molecular flexibility index (Phi) is 3.91. The first-order valence-electron chi connectivity index (χ1n) is 7.16. The molecule has 0 saturated carbocycles. The Morgan fingerprint density at radius 2 is 2.00 bits per heavy atom. The van der Waals surface area contributed by atoms with Gasteiger partial charge in [0.15, 0.2) is 5.69 Å². The highest BCUT2D eigenvalue weighted by molar-refractivity contribution is 5.87. The van der Waals surface area contributed by atoms with Gasteiger partial charge in [0.2, 0.25) is 5.91 Å². The van der Waals surface area contributed by atoms with Gasteiger partial charge in [0.25, 0.3) is 0 Å². The summed E-state index contributed by atoms with van der Waals surface area (Å²) < 4.78 is 7.17. The summed E-state index contributed by atoms with van der Waals surface area (Å²) in [6.45, 7) is 3.47. The van der Waals surface area contributed by atoms with E-state index in [2.05, 4.69) is 4.98 Å². The molecule has 22 heavy (non-hydrogen) atoms. The van der Waals surface area contributed by atoms with E-state index in [0.29, 0.717) is 25.5 Å². The number of rotatable bonds is 3. The number of esters is 1. The van der Waals surface area contributed by atoms with E-state index in [1.165, 1.54) is 6.92 Å². The first kappa shape index (κ1) is 14.3. The first-order valence-corrected chi connectivity index (χ1v) is 7.16. The average molecular weight is 299 g/mol. The Labute approximate surface area is 128 Å². The summed E-state index contributed by atoms with van der Waals surface area (Å²) in [7, 11) is 0. The third-order valence-corrected chi connectivity index (χ3v) is 3.67. The largest absolute Gasteiger partial charge is 0.456 e. The number of hydrogen-bond donors (Lipinski definition) is 0. The summed E-state index contributed by atoms with van der Waals surface area (Å²) in [6, 6.07) is 9.51. The van der Waals surface area contributed by atoms with Crippen LogP contribution in [-0.4, -0.2) is 32.9 Å². The molecule has 0 bridgehead atoms. The molecule has 0 atom stereocenters. The van der Waals surface area contributed by atoms with Crippen LogP contribution in [0.3, 0.4) is 0 Å². The molecule has 6 heteroatoms. The van der Waals surface area contributed by atoms with Gasteiger partial charge in [0.05, 0.1) is 6.54 Å². The van der Waals surface area contributed by atoms with Crippen LogP contribution in [0.15, 0.2) is 36.5 Å². The molecule has 3 rings (SSSR count). The number of aromatic nitrogens is 2. The quantitative estimate of drug-likeness (QED) is 0.808. The number of carbonyl (C=O) groups is 2. The predicted molar refractivity (Wildman–Crippen MR) is 78.9 cm³/mol. The third-order valence-electron chi connectivity index (χ3n) is 3.67. The molecule has 1 aliphatic rings. The van der Waals surface area contributed by atoms with Crippen molar-refractivity contribution in [1.82, 2.24) is 14.5 Å². The molecule has 0 spiro atoms. The van der Waals surface area contributed by atoms with E-state index >= 15 is 0 Å². The fourth-order valence-electron chi connectivity index (χ4n) is 2.42. The van der Waals surface area contributed by atoms with Gasteiger partial charge in [-0.05, 0) is 5.56 Å². The van der Waals surface area contributed by atoms with Gasteiger partial charge in [-0.1, -0.05) is 30.3 Å². The van der Waals surface area contributed by atoms with Crippen LogP contribution >= 0.6 is 0 Å². The zero-order valence-corrected chi connectivity index (χ0v) is 12.4. The van der Waals surface area contributed by atoms with Crippen molar-refractivity contribution in [3.63, 3.8) is 0 Å². The van der Waals surface area contributed by atoms with Gasteiger partial charge in [-0.2, -0.15) is 0 Å². The number of benzene rings is 1. The van der Waals surface area contributed by atoms with Gasteiger partial charge < -0.3 is 14.2 Å². The van der Waals surface area contributed by atoms with Crippen molar-refractivity contribution >= 4 is 11.9 Å². The van der Waals surface area contributed by atoms with Crippen LogP contribution in [0.4, 0.5) is 0 Å². The van der Waals surface area contributed by atoms with Gasteiger partial charge >= 0.3 is 5.97 Å². The van der Waals surface area contributed by atoms with E-state index in [1.807, 2.05) is 34.9 Å². The fourth-order valence-corrected chi connectivity index (χ4v) is 2.42. The first-order chi connectivity index (χ1) is 10.6. The lowest BCUT2D eigenvalue weighted by Gasteiger charge is -2.26. The minimum atomic E-state index is -0.444.